The summed E-state index contributed by atoms with van der Waals surface area (Å²) in [4.78, 5) is 5.02. The minimum absolute atomic E-state index is 0.456. The van der Waals surface area contributed by atoms with Crippen molar-refractivity contribution in [3.8, 4) is 0 Å². The fourth-order valence-corrected chi connectivity index (χ4v) is 2.37. The number of rotatable bonds is 0. The van der Waals surface area contributed by atoms with Gasteiger partial charge in [0.05, 0.1) is 0 Å². The van der Waals surface area contributed by atoms with E-state index >= 15 is 0 Å². The smallest absolute Gasteiger partial charge is 0.0238 e. The molecule has 0 aliphatic carbocycles. The number of likely N-dealkylation sites (N-methyl/N-ethyl adjacent to an activating group) is 1. The molecule has 0 radical (unpaired) electrons. The van der Waals surface area contributed by atoms with E-state index in [1.165, 1.54) is 39.0 Å². The lowest BCUT2D eigenvalue weighted by molar-refractivity contribution is 0.0553. The Kier molecular flexibility index (Phi) is 2.35. The second-order valence-electron chi connectivity index (χ2n) is 4.24. The highest BCUT2D eigenvalue weighted by Gasteiger charge is 2.30. The topological polar surface area (TPSA) is 32.5 Å². The van der Waals surface area contributed by atoms with Crippen molar-refractivity contribution in [2.75, 3.05) is 33.2 Å². The average Bonchev–Trinajstić information content (AvgIpc) is 2.03. The van der Waals surface area contributed by atoms with Gasteiger partial charge >= 0.3 is 0 Å². The molecule has 2 rings (SSSR count). The van der Waals surface area contributed by atoms with Crippen LogP contribution in [0.5, 0.6) is 0 Å². The molecular weight excluding hydrogens is 150 g/mol. The van der Waals surface area contributed by atoms with Gasteiger partial charge in [-0.1, -0.05) is 0 Å². The van der Waals surface area contributed by atoms with E-state index < -0.39 is 0 Å². The van der Waals surface area contributed by atoms with Gasteiger partial charge in [-0.3, -0.25) is 4.90 Å². The van der Waals surface area contributed by atoms with E-state index in [2.05, 4.69) is 16.8 Å². The molecule has 0 amide bonds. The molecule has 0 aromatic carbocycles. The fraction of sp³-hybridized carbons (Fsp3) is 1.00. The molecule has 0 aromatic heterocycles. The van der Waals surface area contributed by atoms with E-state index in [1.54, 1.807) is 0 Å². The number of hydrogen-bond acceptors (Lipinski definition) is 3. The summed E-state index contributed by atoms with van der Waals surface area (Å²) in [6, 6.07) is 1.20. The van der Waals surface area contributed by atoms with Gasteiger partial charge in [-0.2, -0.15) is 0 Å². The maximum Gasteiger partial charge on any atom is 0.0238 e. The van der Waals surface area contributed by atoms with Crippen LogP contribution in [0.4, 0.5) is 0 Å². The molecule has 2 aliphatic rings. The molecule has 2 heterocycles. The summed E-state index contributed by atoms with van der Waals surface area (Å²) in [6.45, 7) is 4.91. The van der Waals surface area contributed by atoms with Gasteiger partial charge < -0.3 is 10.6 Å². The van der Waals surface area contributed by atoms with Crippen molar-refractivity contribution in [2.24, 2.45) is 5.73 Å². The SMILES string of the molecule is CN1CCN2CCC(N)CC2C1. The zero-order valence-corrected chi connectivity index (χ0v) is 7.87. The lowest BCUT2D eigenvalue weighted by atomic mass is 9.96. The van der Waals surface area contributed by atoms with Gasteiger partial charge in [0.1, 0.15) is 0 Å². The highest BCUT2D eigenvalue weighted by molar-refractivity contribution is 4.88. The zero-order chi connectivity index (χ0) is 8.55. The van der Waals surface area contributed by atoms with Crippen LogP contribution >= 0.6 is 0 Å². The number of fused-ring (bicyclic) bond motifs is 1. The molecule has 2 N–H and O–H groups in total. The summed E-state index contributed by atoms with van der Waals surface area (Å²) in [5.41, 5.74) is 5.94. The van der Waals surface area contributed by atoms with Crippen molar-refractivity contribution in [3.05, 3.63) is 0 Å². The maximum absolute atomic E-state index is 5.94. The second kappa shape index (κ2) is 3.32. The van der Waals surface area contributed by atoms with Crippen LogP contribution in [-0.2, 0) is 0 Å². The number of hydrogen-bond donors (Lipinski definition) is 1. The van der Waals surface area contributed by atoms with Crippen LogP contribution < -0.4 is 5.73 Å². The van der Waals surface area contributed by atoms with Crippen molar-refractivity contribution in [3.63, 3.8) is 0 Å². The van der Waals surface area contributed by atoms with Crippen LogP contribution in [0.2, 0.25) is 0 Å². The van der Waals surface area contributed by atoms with Crippen LogP contribution in [0.25, 0.3) is 0 Å². The van der Waals surface area contributed by atoms with E-state index in [1.807, 2.05) is 0 Å². The quantitative estimate of drug-likeness (QED) is 0.541. The van der Waals surface area contributed by atoms with Crippen molar-refractivity contribution in [1.29, 1.82) is 0 Å². The largest absolute Gasteiger partial charge is 0.328 e. The lowest BCUT2D eigenvalue weighted by Crippen LogP contribution is -2.57. The van der Waals surface area contributed by atoms with Crippen LogP contribution in [0.15, 0.2) is 0 Å². The fourth-order valence-electron chi connectivity index (χ4n) is 2.37. The zero-order valence-electron chi connectivity index (χ0n) is 7.87. The van der Waals surface area contributed by atoms with Gasteiger partial charge in [-0.05, 0) is 19.9 Å². The van der Waals surface area contributed by atoms with Crippen LogP contribution in [-0.4, -0.2) is 55.1 Å². The van der Waals surface area contributed by atoms with Crippen molar-refractivity contribution in [2.45, 2.75) is 24.9 Å². The molecule has 2 saturated heterocycles. The van der Waals surface area contributed by atoms with Crippen molar-refractivity contribution in [1.82, 2.24) is 9.80 Å². The van der Waals surface area contributed by atoms with E-state index in [4.69, 9.17) is 5.73 Å². The Morgan fingerprint density at radius 1 is 1.25 bits per heavy atom. The molecule has 2 unspecified atom stereocenters. The maximum atomic E-state index is 5.94. The summed E-state index contributed by atoms with van der Waals surface area (Å²) < 4.78 is 0. The Bertz CT molecular complexity index is 144. The van der Waals surface area contributed by atoms with Crippen LogP contribution in [0, 0.1) is 0 Å². The van der Waals surface area contributed by atoms with Gasteiger partial charge in [-0.25, -0.2) is 0 Å². The molecule has 0 bridgehead atoms. The molecule has 3 heteroatoms. The van der Waals surface area contributed by atoms with Gasteiger partial charge in [0, 0.05) is 38.3 Å². The third kappa shape index (κ3) is 1.63. The first-order valence-corrected chi connectivity index (χ1v) is 4.94. The Hall–Kier alpha value is -0.120. The predicted molar refractivity (Wildman–Crippen MR) is 50.1 cm³/mol. The molecule has 0 spiro atoms. The Morgan fingerprint density at radius 2 is 2.08 bits per heavy atom. The number of nitrogens with two attached hydrogens (primary N) is 1. The first-order chi connectivity index (χ1) is 5.75. The minimum atomic E-state index is 0.456. The molecule has 3 nitrogen and oxygen atoms in total. The van der Waals surface area contributed by atoms with Crippen molar-refractivity contribution < 1.29 is 0 Å². The number of piperidine rings is 1. The summed E-state index contributed by atoms with van der Waals surface area (Å²) >= 11 is 0. The molecule has 0 saturated carbocycles. The summed E-state index contributed by atoms with van der Waals surface area (Å²) in [6.07, 6.45) is 2.39. The van der Waals surface area contributed by atoms with E-state index in [9.17, 15) is 0 Å². The molecule has 0 aromatic rings. The first kappa shape index (κ1) is 8.48. The molecule has 2 atom stereocenters. The molecule has 2 aliphatic heterocycles. The third-order valence-corrected chi connectivity index (χ3v) is 3.17. The summed E-state index contributed by atoms with van der Waals surface area (Å²) in [5, 5.41) is 0. The average molecular weight is 169 g/mol. The molecule has 2 fully saturated rings. The number of nitrogens with zero attached hydrogens (tertiary/aromatic N) is 2. The Balaban J connectivity index is 1.94. The predicted octanol–water partition coefficient (Wildman–Crippen LogP) is -0.276. The third-order valence-electron chi connectivity index (χ3n) is 3.17. The van der Waals surface area contributed by atoms with E-state index in [0.717, 1.165) is 6.04 Å². The highest BCUT2D eigenvalue weighted by Crippen LogP contribution is 2.19. The Labute approximate surface area is 74.5 Å². The van der Waals surface area contributed by atoms with Gasteiger partial charge in [0.15, 0.2) is 0 Å². The van der Waals surface area contributed by atoms with E-state index in [-0.39, 0.29) is 0 Å². The highest BCUT2D eigenvalue weighted by atomic mass is 15.3. The standard InChI is InChI=1S/C9H19N3/c1-11-4-5-12-3-2-8(10)6-9(12)7-11/h8-9H,2-7,10H2,1H3. The van der Waals surface area contributed by atoms with Crippen molar-refractivity contribution >= 4 is 0 Å². The van der Waals surface area contributed by atoms with Crippen LogP contribution in [0.1, 0.15) is 12.8 Å². The van der Waals surface area contributed by atoms with Gasteiger partial charge in [-0.15, -0.1) is 0 Å². The molecular formula is C9H19N3. The minimum Gasteiger partial charge on any atom is -0.328 e. The molecule has 12 heavy (non-hydrogen) atoms. The lowest BCUT2D eigenvalue weighted by Gasteiger charge is -2.44. The normalized spacial score (nSPS) is 39.5. The van der Waals surface area contributed by atoms with Gasteiger partial charge in [0.25, 0.3) is 0 Å². The first-order valence-electron chi connectivity index (χ1n) is 4.94. The van der Waals surface area contributed by atoms with E-state index in [0.29, 0.717) is 6.04 Å². The monoisotopic (exact) mass is 169 g/mol. The second-order valence-corrected chi connectivity index (χ2v) is 4.24. The summed E-state index contributed by atoms with van der Waals surface area (Å²) in [5.74, 6) is 0. The van der Waals surface area contributed by atoms with Crippen LogP contribution in [0.3, 0.4) is 0 Å². The summed E-state index contributed by atoms with van der Waals surface area (Å²) in [7, 11) is 2.21. The molecule has 70 valence electrons. The number of piperazine rings is 1. The van der Waals surface area contributed by atoms with Gasteiger partial charge in [0.2, 0.25) is 0 Å². The Morgan fingerprint density at radius 3 is 2.92 bits per heavy atom.